The van der Waals surface area contributed by atoms with Gasteiger partial charge in [-0.1, -0.05) is 218 Å². The lowest BCUT2D eigenvalue weighted by molar-refractivity contribution is 0.795. The minimum absolute atomic E-state index is 0.616. The van der Waals surface area contributed by atoms with Crippen LogP contribution in [0.25, 0.3) is 106 Å². The monoisotopic (exact) mass is 1110 g/mol. The van der Waals surface area contributed by atoms with Crippen molar-refractivity contribution in [1.82, 2.24) is 0 Å². The molecular weight excluding hydrogens is 1070 g/mol. The molecule has 0 radical (unpaired) electrons. The number of rotatable bonds is 8. The van der Waals surface area contributed by atoms with Crippen LogP contribution in [0.3, 0.4) is 0 Å². The van der Waals surface area contributed by atoms with Crippen LogP contribution in [0.4, 0.5) is 34.1 Å². The minimum atomic E-state index is -0.616. The smallest absolute Gasteiger partial charge is 0.0726 e. The van der Waals surface area contributed by atoms with E-state index in [9.17, 15) is 0 Å². The average Bonchev–Trinajstić information content (AvgIpc) is 1.53. The van der Waals surface area contributed by atoms with Crippen LogP contribution in [0.2, 0.25) is 0 Å². The third kappa shape index (κ3) is 7.04. The molecule has 4 heteroatoms. The number of hydrogen-bond donors (Lipinski definition) is 0. The molecule has 0 unspecified atom stereocenters. The van der Waals surface area contributed by atoms with Crippen LogP contribution < -0.4 is 9.80 Å². The third-order valence-electron chi connectivity index (χ3n) is 18.3. The van der Waals surface area contributed by atoms with Crippen molar-refractivity contribution in [2.24, 2.45) is 0 Å². The van der Waals surface area contributed by atoms with Gasteiger partial charge in [0.2, 0.25) is 0 Å². The molecule has 1 spiro atoms. The van der Waals surface area contributed by atoms with Crippen LogP contribution in [0, 0.1) is 0 Å². The molecule has 0 atom stereocenters. The van der Waals surface area contributed by atoms with E-state index in [1.807, 2.05) is 22.7 Å². The lowest BCUT2D eigenvalue weighted by Gasteiger charge is -2.31. The summed E-state index contributed by atoms with van der Waals surface area (Å²) in [5.41, 5.74) is 21.5. The Kier molecular flexibility index (Phi) is 10.7. The van der Waals surface area contributed by atoms with E-state index in [1.54, 1.807) is 0 Å². The fourth-order valence-corrected chi connectivity index (χ4v) is 17.1. The van der Waals surface area contributed by atoms with Crippen LogP contribution in [-0.4, -0.2) is 0 Å². The Balaban J connectivity index is 0.834. The number of benzene rings is 14. The summed E-state index contributed by atoms with van der Waals surface area (Å²) in [7, 11) is 0. The molecule has 2 aliphatic carbocycles. The summed E-state index contributed by atoms with van der Waals surface area (Å²) < 4.78 is 5.15. The second-order valence-corrected chi connectivity index (χ2v) is 24.7. The molecule has 0 aliphatic heterocycles. The maximum atomic E-state index is 2.58. The van der Waals surface area contributed by atoms with Crippen LogP contribution in [0.5, 0.6) is 0 Å². The van der Waals surface area contributed by atoms with Crippen molar-refractivity contribution in [2.75, 3.05) is 9.80 Å². The Morgan fingerprint density at radius 3 is 1.01 bits per heavy atom. The lowest BCUT2D eigenvalue weighted by Crippen LogP contribution is -2.26. The van der Waals surface area contributed by atoms with Gasteiger partial charge < -0.3 is 9.80 Å². The molecule has 2 aromatic heterocycles. The predicted octanol–water partition coefficient (Wildman–Crippen LogP) is 23.3. The summed E-state index contributed by atoms with van der Waals surface area (Å²) in [4.78, 5) is 4.87. The fraction of sp³-hybridized carbons (Fsp3) is 0.0123. The first-order valence-electron chi connectivity index (χ1n) is 29.2. The topological polar surface area (TPSA) is 6.48 Å². The average molecular weight is 1120 g/mol. The maximum Gasteiger partial charge on any atom is 0.0726 e. The molecule has 85 heavy (non-hydrogen) atoms. The molecule has 0 saturated heterocycles. The van der Waals surface area contributed by atoms with E-state index < -0.39 is 5.41 Å². The Morgan fingerprint density at radius 1 is 0.235 bits per heavy atom. The van der Waals surface area contributed by atoms with Gasteiger partial charge in [0.15, 0.2) is 0 Å². The van der Waals surface area contributed by atoms with E-state index >= 15 is 0 Å². The van der Waals surface area contributed by atoms with Crippen molar-refractivity contribution < 1.29 is 0 Å². The number of anilines is 6. The van der Waals surface area contributed by atoms with Crippen LogP contribution in [0.15, 0.2) is 303 Å². The normalized spacial score (nSPS) is 12.8. The SMILES string of the molecule is c1ccc(N(c2ccc(-c3cc4c(c5ccccc35)-c3c(cc(-c5ccc(N(c6ccccc6)c6cccc7c6sc6ccccc67)cc5)c5ccccc35)C43c4ccccc4-c4ccccc43)cc2)c2cccc3c2sc2ccccc23)cc1. The highest BCUT2D eigenvalue weighted by atomic mass is 32.1. The van der Waals surface area contributed by atoms with Gasteiger partial charge in [0.05, 0.1) is 26.2 Å². The highest BCUT2D eigenvalue weighted by Crippen LogP contribution is 2.66. The lowest BCUT2D eigenvalue weighted by atomic mass is 9.69. The molecule has 2 aliphatic rings. The van der Waals surface area contributed by atoms with Gasteiger partial charge in [0.1, 0.15) is 0 Å². The Bertz CT molecular complexity index is 5030. The van der Waals surface area contributed by atoms with Crippen LogP contribution in [0.1, 0.15) is 22.3 Å². The summed E-state index contributed by atoms with van der Waals surface area (Å²) in [5.74, 6) is 0. The first kappa shape index (κ1) is 48.2. The summed E-state index contributed by atoms with van der Waals surface area (Å²) >= 11 is 3.74. The van der Waals surface area contributed by atoms with E-state index in [1.165, 1.54) is 140 Å². The first-order valence-corrected chi connectivity index (χ1v) is 30.9. The molecule has 0 N–H and O–H groups in total. The van der Waals surface area contributed by atoms with Crippen LogP contribution >= 0.6 is 22.7 Å². The molecule has 18 rings (SSSR count). The number of para-hydroxylation sites is 2. The van der Waals surface area contributed by atoms with Crippen LogP contribution in [-0.2, 0) is 5.41 Å². The maximum absolute atomic E-state index is 2.58. The number of fused-ring (bicyclic) bond motifs is 20. The molecule has 2 heterocycles. The zero-order chi connectivity index (χ0) is 55.7. The van der Waals surface area contributed by atoms with Crippen molar-refractivity contribution in [3.8, 4) is 44.5 Å². The summed E-state index contributed by atoms with van der Waals surface area (Å²) in [6.45, 7) is 0. The van der Waals surface area contributed by atoms with E-state index in [0.29, 0.717) is 0 Å². The van der Waals surface area contributed by atoms with E-state index in [-0.39, 0.29) is 0 Å². The van der Waals surface area contributed by atoms with Gasteiger partial charge in [-0.05, 0) is 173 Å². The molecule has 2 nitrogen and oxygen atoms in total. The predicted molar refractivity (Wildman–Crippen MR) is 364 cm³/mol. The molecule has 16 aromatic rings. The molecule has 396 valence electrons. The Morgan fingerprint density at radius 2 is 0.576 bits per heavy atom. The first-order chi connectivity index (χ1) is 42.2. The van der Waals surface area contributed by atoms with Crippen molar-refractivity contribution in [2.45, 2.75) is 5.41 Å². The van der Waals surface area contributed by atoms with Gasteiger partial charge in [0.25, 0.3) is 0 Å². The van der Waals surface area contributed by atoms with Gasteiger partial charge in [-0.3, -0.25) is 0 Å². The third-order valence-corrected chi connectivity index (χ3v) is 20.7. The molecule has 0 saturated carbocycles. The van der Waals surface area contributed by atoms with Gasteiger partial charge >= 0.3 is 0 Å². The fourth-order valence-electron chi connectivity index (χ4n) is 14.7. The standard InChI is InChI=1S/C81H50N2S2/c1-3-21-53(22-4-1)82(73-37-19-33-65-61-29-13-17-39-75(61)84-79(65)73)55-45-41-51(42-46-55)67-49-71-77(63-31-9-7-25-57(63)67)78-64-32-10-8-26-58(64)68(50-72(78)81(71)69-35-15-11-27-59(69)60-28-12-16-36-70(60)81)52-43-47-56(48-44-52)83(54-23-5-2-6-24-54)74-38-20-34-66-62-30-14-18-40-76(62)85-80(66)74/h1-50H. The Labute approximate surface area is 500 Å². The quantitative estimate of drug-likeness (QED) is 0.150. The zero-order valence-electron chi connectivity index (χ0n) is 46.1. The second-order valence-electron chi connectivity index (χ2n) is 22.6. The summed E-state index contributed by atoms with van der Waals surface area (Å²) in [5, 5.41) is 10.2. The molecule has 14 aromatic carbocycles. The van der Waals surface area contributed by atoms with Gasteiger partial charge in [-0.25, -0.2) is 0 Å². The minimum Gasteiger partial charge on any atom is -0.309 e. The molecular formula is C81H50N2S2. The van der Waals surface area contributed by atoms with Crippen molar-refractivity contribution in [3.05, 3.63) is 326 Å². The number of nitrogens with zero attached hydrogens (tertiary/aromatic N) is 2. The zero-order valence-corrected chi connectivity index (χ0v) is 47.7. The van der Waals surface area contributed by atoms with Crippen molar-refractivity contribution in [1.29, 1.82) is 0 Å². The van der Waals surface area contributed by atoms with Crippen molar-refractivity contribution in [3.63, 3.8) is 0 Å². The number of thiophene rings is 2. The second kappa shape index (κ2) is 18.8. The number of hydrogen-bond acceptors (Lipinski definition) is 4. The van der Waals surface area contributed by atoms with E-state index in [2.05, 4.69) is 313 Å². The van der Waals surface area contributed by atoms with E-state index in [4.69, 9.17) is 0 Å². The van der Waals surface area contributed by atoms with E-state index in [0.717, 1.165) is 22.7 Å². The molecule has 0 bridgehead atoms. The molecule has 0 amide bonds. The van der Waals surface area contributed by atoms with Gasteiger partial charge in [-0.2, -0.15) is 0 Å². The molecule has 0 fully saturated rings. The Hall–Kier alpha value is -10.4. The van der Waals surface area contributed by atoms with Gasteiger partial charge in [0, 0.05) is 53.7 Å². The highest BCUT2D eigenvalue weighted by Gasteiger charge is 2.53. The van der Waals surface area contributed by atoms with Crippen molar-refractivity contribution >= 4 is 119 Å². The summed E-state index contributed by atoms with van der Waals surface area (Å²) in [6, 6.07) is 113. The van der Waals surface area contributed by atoms with Gasteiger partial charge in [-0.15, -0.1) is 22.7 Å². The summed E-state index contributed by atoms with van der Waals surface area (Å²) in [6.07, 6.45) is 0. The highest BCUT2D eigenvalue weighted by molar-refractivity contribution is 7.26. The largest absolute Gasteiger partial charge is 0.309 e.